The Hall–Kier alpha value is -3.51. The number of nitrogens with one attached hydrogen (secondary N) is 1. The van der Waals surface area contributed by atoms with Gasteiger partial charge in [-0.3, -0.25) is 13.9 Å². The number of aromatic nitrogens is 4. The van der Waals surface area contributed by atoms with Gasteiger partial charge >= 0.3 is 0 Å². The number of hydrogen-bond acceptors (Lipinski definition) is 8. The Balaban J connectivity index is 1.38. The van der Waals surface area contributed by atoms with E-state index in [1.165, 1.54) is 0 Å². The molecule has 1 saturated carbocycles. The third-order valence-electron chi connectivity index (χ3n) is 8.64. The van der Waals surface area contributed by atoms with Gasteiger partial charge in [0.25, 0.3) is 0 Å². The number of ether oxygens (including phenoxy) is 1. The molecule has 2 aromatic heterocycles. The van der Waals surface area contributed by atoms with Crippen LogP contribution >= 0.6 is 10.8 Å². The highest BCUT2D eigenvalue weighted by Gasteiger charge is 2.36. The van der Waals surface area contributed by atoms with E-state index in [2.05, 4.69) is 51.8 Å². The second-order valence-corrected chi connectivity index (χ2v) is 13.6. The van der Waals surface area contributed by atoms with Crippen molar-refractivity contribution in [3.05, 3.63) is 76.5 Å². The number of benzene rings is 2. The van der Waals surface area contributed by atoms with Crippen molar-refractivity contribution >= 4 is 27.7 Å². The number of aryl methyl sites for hydroxylation is 3. The van der Waals surface area contributed by atoms with Crippen molar-refractivity contribution in [1.29, 1.82) is 0 Å². The summed E-state index contributed by atoms with van der Waals surface area (Å²) in [6, 6.07) is 14.0. The molecule has 3 heterocycles. The summed E-state index contributed by atoms with van der Waals surface area (Å²) in [7, 11) is -3.36. The third-order valence-corrected chi connectivity index (χ3v) is 10.5. The number of carbonyl (C=O) groups excluding carboxylic acids is 1. The van der Waals surface area contributed by atoms with Gasteiger partial charge in [0.1, 0.15) is 16.5 Å². The maximum absolute atomic E-state index is 13.2. The minimum absolute atomic E-state index is 0.0278. The van der Waals surface area contributed by atoms with E-state index in [-0.39, 0.29) is 29.9 Å². The molecule has 0 bridgehead atoms. The predicted molar refractivity (Wildman–Crippen MR) is 167 cm³/mol. The number of fused-ring (bicyclic) bond motifs is 2. The molecule has 4 aromatic rings. The SMILES string of the molecule is CCC1CN(Cc2cc(C(CC(=O)NC3CC3)c3ccc4c(nnn4CC)c3C)ccc2C)S(O)(O)c2cccnc2O1. The van der Waals surface area contributed by atoms with Crippen LogP contribution in [0.15, 0.2) is 53.6 Å². The molecule has 43 heavy (non-hydrogen) atoms. The van der Waals surface area contributed by atoms with E-state index in [1.54, 1.807) is 22.6 Å². The monoisotopic (exact) mass is 604 g/mol. The van der Waals surface area contributed by atoms with Crippen molar-refractivity contribution in [3.63, 3.8) is 0 Å². The van der Waals surface area contributed by atoms with E-state index >= 15 is 0 Å². The zero-order valence-electron chi connectivity index (χ0n) is 25.2. The molecule has 0 spiro atoms. The van der Waals surface area contributed by atoms with E-state index in [9.17, 15) is 13.9 Å². The molecule has 2 unspecified atom stereocenters. The van der Waals surface area contributed by atoms with Crippen LogP contribution in [0.4, 0.5) is 0 Å². The summed E-state index contributed by atoms with van der Waals surface area (Å²) in [5.74, 6) is 0.0884. The highest BCUT2D eigenvalue weighted by atomic mass is 32.3. The van der Waals surface area contributed by atoms with Crippen LogP contribution in [0.25, 0.3) is 11.0 Å². The van der Waals surface area contributed by atoms with Gasteiger partial charge in [0.2, 0.25) is 11.8 Å². The van der Waals surface area contributed by atoms with Crippen LogP contribution < -0.4 is 10.1 Å². The first-order valence-corrected chi connectivity index (χ1v) is 16.6. The molecule has 2 atom stereocenters. The van der Waals surface area contributed by atoms with Crippen LogP contribution in [0.2, 0.25) is 0 Å². The molecule has 2 aliphatic rings. The number of amides is 1. The Morgan fingerprint density at radius 3 is 2.72 bits per heavy atom. The van der Waals surface area contributed by atoms with E-state index < -0.39 is 10.8 Å². The van der Waals surface area contributed by atoms with E-state index in [0.29, 0.717) is 30.8 Å². The lowest BCUT2D eigenvalue weighted by Gasteiger charge is -2.41. The van der Waals surface area contributed by atoms with Crippen LogP contribution in [0.5, 0.6) is 5.88 Å². The molecule has 1 aliphatic heterocycles. The molecule has 2 aromatic carbocycles. The van der Waals surface area contributed by atoms with Gasteiger partial charge in [-0.2, -0.15) is 4.31 Å². The van der Waals surface area contributed by atoms with E-state index in [4.69, 9.17) is 4.74 Å². The number of pyridine rings is 1. The summed E-state index contributed by atoms with van der Waals surface area (Å²) in [5, 5.41) is 11.9. The Kier molecular flexibility index (Phi) is 8.16. The third kappa shape index (κ3) is 5.86. The first kappa shape index (κ1) is 29.6. The molecule has 6 rings (SSSR count). The molecule has 0 saturated heterocycles. The summed E-state index contributed by atoms with van der Waals surface area (Å²) in [4.78, 5) is 17.8. The standard InChI is InChI=1S/C32H40N6O4S/c1-5-25-19-37(43(40,41)29-8-7-15-33-32(29)42-25)18-23-16-22(10-9-20(23)3)27(17-30(39)34-24-11-12-24)26-13-14-28-31(21(26)4)35-36-38(28)6-2/h7-10,13-16,24-25,27,40-41H,5-6,11-12,17-19H2,1-4H3,(H,34,39). The van der Waals surface area contributed by atoms with Crippen molar-refractivity contribution < 1.29 is 18.6 Å². The highest BCUT2D eigenvalue weighted by molar-refractivity contribution is 8.22. The quantitative estimate of drug-likeness (QED) is 0.214. The van der Waals surface area contributed by atoms with Crippen LogP contribution in [0.1, 0.15) is 73.3 Å². The fourth-order valence-corrected chi connectivity index (χ4v) is 7.44. The Labute approximate surface area is 253 Å². The van der Waals surface area contributed by atoms with Crippen molar-refractivity contribution in [2.75, 3.05) is 6.54 Å². The predicted octanol–water partition coefficient (Wildman–Crippen LogP) is 5.96. The average molecular weight is 605 g/mol. The molecule has 10 nitrogen and oxygen atoms in total. The summed E-state index contributed by atoms with van der Waals surface area (Å²) in [6.07, 6.45) is 4.42. The number of hydrogen-bond donors (Lipinski definition) is 3. The topological polar surface area (TPSA) is 126 Å². The Bertz CT molecular complexity index is 1650. The van der Waals surface area contributed by atoms with Gasteiger partial charge in [0.05, 0.1) is 12.1 Å². The highest BCUT2D eigenvalue weighted by Crippen LogP contribution is 2.57. The van der Waals surface area contributed by atoms with Crippen LogP contribution in [0, 0.1) is 13.8 Å². The van der Waals surface area contributed by atoms with Crippen molar-refractivity contribution in [2.45, 2.75) is 89.4 Å². The lowest BCUT2D eigenvalue weighted by Crippen LogP contribution is -2.34. The van der Waals surface area contributed by atoms with Crippen LogP contribution in [0.3, 0.4) is 0 Å². The molecule has 3 N–H and O–H groups in total. The summed E-state index contributed by atoms with van der Waals surface area (Å²) in [6.45, 7) is 9.51. The molecule has 1 aliphatic carbocycles. The van der Waals surface area contributed by atoms with Gasteiger partial charge < -0.3 is 10.1 Å². The second kappa shape index (κ2) is 11.9. The molecular formula is C32H40N6O4S. The van der Waals surface area contributed by atoms with Gasteiger partial charge in [-0.25, -0.2) is 9.67 Å². The summed E-state index contributed by atoms with van der Waals surface area (Å²) in [5.41, 5.74) is 6.85. The lowest BCUT2D eigenvalue weighted by atomic mass is 9.84. The number of rotatable bonds is 9. The summed E-state index contributed by atoms with van der Waals surface area (Å²) < 4.78 is 32.8. The van der Waals surface area contributed by atoms with Crippen molar-refractivity contribution in [3.8, 4) is 5.88 Å². The molecule has 1 amide bonds. The smallest absolute Gasteiger partial charge is 0.239 e. The first-order chi connectivity index (χ1) is 20.7. The maximum atomic E-state index is 13.2. The first-order valence-electron chi connectivity index (χ1n) is 15.1. The number of nitrogens with zero attached hydrogens (tertiary/aromatic N) is 5. The second-order valence-electron chi connectivity index (χ2n) is 11.6. The van der Waals surface area contributed by atoms with Crippen LogP contribution in [-0.4, -0.2) is 58.0 Å². The molecule has 1 fully saturated rings. The zero-order valence-corrected chi connectivity index (χ0v) is 26.0. The van der Waals surface area contributed by atoms with Gasteiger partial charge in [0, 0.05) is 37.7 Å². The summed E-state index contributed by atoms with van der Waals surface area (Å²) >= 11 is 0. The maximum Gasteiger partial charge on any atom is 0.239 e. The van der Waals surface area contributed by atoms with Gasteiger partial charge in [-0.05, 0) is 86.1 Å². The largest absolute Gasteiger partial charge is 0.472 e. The minimum Gasteiger partial charge on any atom is -0.472 e. The molecule has 228 valence electrons. The lowest BCUT2D eigenvalue weighted by molar-refractivity contribution is -0.121. The van der Waals surface area contributed by atoms with Gasteiger partial charge in [-0.1, -0.05) is 36.4 Å². The van der Waals surface area contributed by atoms with Gasteiger partial charge in [-0.15, -0.1) is 15.9 Å². The average Bonchev–Trinajstić information content (AvgIpc) is 3.72. The fourth-order valence-electron chi connectivity index (χ4n) is 5.87. The fraction of sp³-hybridized carbons (Fsp3) is 0.438. The van der Waals surface area contributed by atoms with Crippen LogP contribution in [-0.2, 0) is 17.9 Å². The minimum atomic E-state index is -3.36. The van der Waals surface area contributed by atoms with Crippen molar-refractivity contribution in [1.82, 2.24) is 29.6 Å². The normalized spacial score (nSPS) is 19.7. The molecule has 11 heteroatoms. The van der Waals surface area contributed by atoms with E-state index in [1.807, 2.05) is 31.5 Å². The Morgan fingerprint density at radius 1 is 1.16 bits per heavy atom. The zero-order chi connectivity index (χ0) is 30.3. The van der Waals surface area contributed by atoms with Gasteiger partial charge in [0.15, 0.2) is 0 Å². The molecular weight excluding hydrogens is 564 g/mol. The Morgan fingerprint density at radius 2 is 1.98 bits per heavy atom. The molecule has 0 radical (unpaired) electrons. The van der Waals surface area contributed by atoms with E-state index in [0.717, 1.165) is 58.2 Å². The number of carbonyl (C=O) groups is 1. The van der Waals surface area contributed by atoms with Crippen molar-refractivity contribution in [2.24, 2.45) is 0 Å².